The standard InChI is InChI=1S/C12H17ClN2O/c1-3-4-7-14-12(16)15-11-6-5-10(13)8-9(11)2/h5-6,8H,3-4,7H2,1-2H3,(H2,14,15,16). The number of carbonyl (C=O) groups excluding carboxylic acids is 1. The van der Waals surface area contributed by atoms with E-state index in [1.54, 1.807) is 12.1 Å². The second kappa shape index (κ2) is 6.38. The van der Waals surface area contributed by atoms with Crippen molar-refractivity contribution in [2.24, 2.45) is 0 Å². The van der Waals surface area contributed by atoms with Gasteiger partial charge in [0.15, 0.2) is 0 Å². The Kier molecular flexibility index (Phi) is 5.12. The third kappa shape index (κ3) is 4.11. The van der Waals surface area contributed by atoms with Gasteiger partial charge in [0.05, 0.1) is 0 Å². The number of urea groups is 1. The molecule has 0 saturated heterocycles. The molecule has 3 nitrogen and oxygen atoms in total. The Morgan fingerprint density at radius 3 is 2.81 bits per heavy atom. The Hall–Kier alpha value is -1.22. The highest BCUT2D eigenvalue weighted by molar-refractivity contribution is 6.30. The van der Waals surface area contributed by atoms with Crippen molar-refractivity contribution in [1.82, 2.24) is 5.32 Å². The summed E-state index contributed by atoms with van der Waals surface area (Å²) in [5.41, 5.74) is 1.75. The molecule has 4 heteroatoms. The maximum absolute atomic E-state index is 11.5. The van der Waals surface area contributed by atoms with Crippen LogP contribution in [0.25, 0.3) is 0 Å². The fourth-order valence-corrected chi connectivity index (χ4v) is 1.54. The predicted molar refractivity (Wildman–Crippen MR) is 68.1 cm³/mol. The molecule has 0 aromatic heterocycles. The number of carbonyl (C=O) groups is 1. The van der Waals surface area contributed by atoms with Crippen LogP contribution >= 0.6 is 11.6 Å². The molecule has 0 spiro atoms. The van der Waals surface area contributed by atoms with Crippen LogP contribution in [-0.4, -0.2) is 12.6 Å². The maximum atomic E-state index is 11.5. The van der Waals surface area contributed by atoms with Crippen molar-refractivity contribution in [1.29, 1.82) is 0 Å². The number of rotatable bonds is 4. The second-order valence-electron chi connectivity index (χ2n) is 3.69. The van der Waals surface area contributed by atoms with Crippen LogP contribution in [0, 0.1) is 6.92 Å². The van der Waals surface area contributed by atoms with E-state index in [2.05, 4.69) is 17.6 Å². The van der Waals surface area contributed by atoms with Crippen molar-refractivity contribution in [3.05, 3.63) is 28.8 Å². The van der Waals surface area contributed by atoms with E-state index in [9.17, 15) is 4.79 Å². The molecular formula is C12H17ClN2O. The van der Waals surface area contributed by atoms with Crippen molar-refractivity contribution in [3.8, 4) is 0 Å². The lowest BCUT2D eigenvalue weighted by molar-refractivity contribution is 0.252. The first-order valence-corrected chi connectivity index (χ1v) is 5.82. The van der Waals surface area contributed by atoms with Crippen molar-refractivity contribution < 1.29 is 4.79 Å². The molecule has 2 amide bonds. The van der Waals surface area contributed by atoms with Crippen LogP contribution in [0.2, 0.25) is 5.02 Å². The average molecular weight is 241 g/mol. The normalized spacial score (nSPS) is 9.94. The first-order chi connectivity index (χ1) is 7.63. The molecule has 1 aromatic carbocycles. The van der Waals surface area contributed by atoms with E-state index >= 15 is 0 Å². The van der Waals surface area contributed by atoms with Crippen molar-refractivity contribution in [2.75, 3.05) is 11.9 Å². The Morgan fingerprint density at radius 2 is 2.19 bits per heavy atom. The second-order valence-corrected chi connectivity index (χ2v) is 4.13. The Labute approximate surface area is 101 Å². The number of halogens is 1. The molecule has 0 saturated carbocycles. The third-order valence-electron chi connectivity index (χ3n) is 2.25. The number of amides is 2. The largest absolute Gasteiger partial charge is 0.338 e. The van der Waals surface area contributed by atoms with Gasteiger partial charge in [-0.1, -0.05) is 24.9 Å². The van der Waals surface area contributed by atoms with Gasteiger partial charge in [-0.3, -0.25) is 0 Å². The van der Waals surface area contributed by atoms with Gasteiger partial charge in [0.1, 0.15) is 0 Å². The molecule has 88 valence electrons. The van der Waals surface area contributed by atoms with Gasteiger partial charge < -0.3 is 10.6 Å². The molecule has 0 unspecified atom stereocenters. The Bertz CT molecular complexity index is 366. The van der Waals surface area contributed by atoms with Gasteiger partial charge in [-0.15, -0.1) is 0 Å². The van der Waals surface area contributed by atoms with Crippen LogP contribution in [0.4, 0.5) is 10.5 Å². The summed E-state index contributed by atoms with van der Waals surface area (Å²) in [6.45, 7) is 4.70. The lowest BCUT2D eigenvalue weighted by Gasteiger charge is -2.09. The minimum atomic E-state index is -0.168. The minimum absolute atomic E-state index is 0.168. The summed E-state index contributed by atoms with van der Waals surface area (Å²) in [7, 11) is 0. The SMILES string of the molecule is CCCCNC(=O)Nc1ccc(Cl)cc1C. The smallest absolute Gasteiger partial charge is 0.319 e. The van der Waals surface area contributed by atoms with Gasteiger partial charge in [-0.2, -0.15) is 0 Å². The molecular weight excluding hydrogens is 224 g/mol. The van der Waals surface area contributed by atoms with E-state index in [0.29, 0.717) is 11.6 Å². The highest BCUT2D eigenvalue weighted by atomic mass is 35.5. The Balaban J connectivity index is 2.49. The number of unbranched alkanes of at least 4 members (excludes halogenated alkanes) is 1. The van der Waals surface area contributed by atoms with Crippen LogP contribution in [0.5, 0.6) is 0 Å². The zero-order valence-electron chi connectivity index (χ0n) is 9.64. The molecule has 0 aliphatic carbocycles. The van der Waals surface area contributed by atoms with Gasteiger partial charge in [0.25, 0.3) is 0 Å². The molecule has 16 heavy (non-hydrogen) atoms. The van der Waals surface area contributed by atoms with Crippen molar-refractivity contribution in [3.63, 3.8) is 0 Å². The first-order valence-electron chi connectivity index (χ1n) is 5.44. The van der Waals surface area contributed by atoms with Gasteiger partial charge >= 0.3 is 6.03 Å². The Morgan fingerprint density at radius 1 is 1.44 bits per heavy atom. The molecule has 2 N–H and O–H groups in total. The topological polar surface area (TPSA) is 41.1 Å². The number of aryl methyl sites for hydroxylation is 1. The molecule has 0 heterocycles. The number of hydrogen-bond donors (Lipinski definition) is 2. The number of nitrogens with one attached hydrogen (secondary N) is 2. The first kappa shape index (κ1) is 12.8. The molecule has 0 aliphatic rings. The van der Waals surface area contributed by atoms with Gasteiger partial charge in [-0.25, -0.2) is 4.79 Å². The lowest BCUT2D eigenvalue weighted by Crippen LogP contribution is -2.29. The summed E-state index contributed by atoms with van der Waals surface area (Å²) in [6, 6.07) is 5.22. The number of benzene rings is 1. The average Bonchev–Trinajstić information content (AvgIpc) is 2.23. The molecule has 0 bridgehead atoms. The van der Waals surface area contributed by atoms with E-state index in [1.165, 1.54) is 0 Å². The minimum Gasteiger partial charge on any atom is -0.338 e. The van der Waals surface area contributed by atoms with Gasteiger partial charge in [-0.05, 0) is 37.1 Å². The number of anilines is 1. The van der Waals surface area contributed by atoms with Crippen LogP contribution in [0.3, 0.4) is 0 Å². The van der Waals surface area contributed by atoms with Crippen LogP contribution in [-0.2, 0) is 0 Å². The quantitative estimate of drug-likeness (QED) is 0.777. The van der Waals surface area contributed by atoms with Crippen LogP contribution in [0.15, 0.2) is 18.2 Å². The van der Waals surface area contributed by atoms with Gasteiger partial charge in [0, 0.05) is 17.3 Å². The molecule has 0 fully saturated rings. The van der Waals surface area contributed by atoms with E-state index in [4.69, 9.17) is 11.6 Å². The van der Waals surface area contributed by atoms with E-state index in [1.807, 2.05) is 13.0 Å². The van der Waals surface area contributed by atoms with Crippen LogP contribution in [0.1, 0.15) is 25.3 Å². The van der Waals surface area contributed by atoms with E-state index < -0.39 is 0 Å². The summed E-state index contributed by atoms with van der Waals surface area (Å²) in [4.78, 5) is 11.5. The summed E-state index contributed by atoms with van der Waals surface area (Å²) in [5, 5.41) is 6.25. The summed E-state index contributed by atoms with van der Waals surface area (Å²) >= 11 is 5.83. The molecule has 0 radical (unpaired) electrons. The summed E-state index contributed by atoms with van der Waals surface area (Å²) in [6.07, 6.45) is 2.06. The highest BCUT2D eigenvalue weighted by Gasteiger charge is 2.03. The molecule has 0 atom stereocenters. The zero-order chi connectivity index (χ0) is 12.0. The van der Waals surface area contributed by atoms with Crippen molar-refractivity contribution in [2.45, 2.75) is 26.7 Å². The highest BCUT2D eigenvalue weighted by Crippen LogP contribution is 2.19. The van der Waals surface area contributed by atoms with E-state index in [-0.39, 0.29) is 6.03 Å². The predicted octanol–water partition coefficient (Wildman–Crippen LogP) is 3.57. The lowest BCUT2D eigenvalue weighted by atomic mass is 10.2. The maximum Gasteiger partial charge on any atom is 0.319 e. The monoisotopic (exact) mass is 240 g/mol. The fraction of sp³-hybridized carbons (Fsp3) is 0.417. The fourth-order valence-electron chi connectivity index (χ4n) is 1.31. The van der Waals surface area contributed by atoms with Gasteiger partial charge in [0.2, 0.25) is 0 Å². The molecule has 0 aliphatic heterocycles. The zero-order valence-corrected chi connectivity index (χ0v) is 10.4. The molecule has 1 rings (SSSR count). The van der Waals surface area contributed by atoms with E-state index in [0.717, 1.165) is 24.1 Å². The molecule has 1 aromatic rings. The van der Waals surface area contributed by atoms with Crippen molar-refractivity contribution >= 4 is 23.3 Å². The summed E-state index contributed by atoms with van der Waals surface area (Å²) < 4.78 is 0. The summed E-state index contributed by atoms with van der Waals surface area (Å²) in [5.74, 6) is 0. The van der Waals surface area contributed by atoms with Crippen LogP contribution < -0.4 is 10.6 Å². The third-order valence-corrected chi connectivity index (χ3v) is 2.49. The number of hydrogen-bond acceptors (Lipinski definition) is 1.